The number of ether oxygens (including phenoxy) is 1. The van der Waals surface area contributed by atoms with Crippen LogP contribution in [0.5, 0.6) is 0 Å². The molecule has 1 heterocycles. The van der Waals surface area contributed by atoms with E-state index in [1.165, 1.54) is 31.4 Å². The summed E-state index contributed by atoms with van der Waals surface area (Å²) in [6.45, 7) is 0.00517. The van der Waals surface area contributed by atoms with E-state index in [0.29, 0.717) is 21.8 Å². The van der Waals surface area contributed by atoms with Crippen LogP contribution >= 0.6 is 11.6 Å². The first kappa shape index (κ1) is 17.9. The zero-order valence-corrected chi connectivity index (χ0v) is 14.9. The summed E-state index contributed by atoms with van der Waals surface area (Å²) in [7, 11) is 2.99. The van der Waals surface area contributed by atoms with E-state index in [9.17, 15) is 14.0 Å². The molecule has 1 N–H and O–H groups in total. The highest BCUT2D eigenvalue weighted by Crippen LogP contribution is 2.32. The van der Waals surface area contributed by atoms with Crippen molar-refractivity contribution >= 4 is 39.9 Å². The molecule has 0 amide bonds. The van der Waals surface area contributed by atoms with Gasteiger partial charge in [0.05, 0.1) is 19.3 Å². The Bertz CT molecular complexity index is 982. The van der Waals surface area contributed by atoms with Gasteiger partial charge in [0.2, 0.25) is 0 Å². The third-order valence-electron chi connectivity index (χ3n) is 4.05. The second-order valence-corrected chi connectivity index (χ2v) is 6.25. The van der Waals surface area contributed by atoms with Crippen molar-refractivity contribution in [3.8, 4) is 0 Å². The van der Waals surface area contributed by atoms with Gasteiger partial charge >= 0.3 is 5.97 Å². The summed E-state index contributed by atoms with van der Waals surface area (Å²) in [5.74, 6) is -1.16. The van der Waals surface area contributed by atoms with E-state index in [4.69, 9.17) is 16.3 Å². The van der Waals surface area contributed by atoms with Crippen molar-refractivity contribution in [1.29, 1.82) is 0 Å². The van der Waals surface area contributed by atoms with Crippen LogP contribution in [0.15, 0.2) is 42.5 Å². The molecule has 0 radical (unpaired) electrons. The third-order valence-corrected chi connectivity index (χ3v) is 4.29. The number of fused-ring (bicyclic) bond motifs is 1. The number of anilines is 1. The minimum Gasteiger partial charge on any atom is -0.464 e. The zero-order chi connectivity index (χ0) is 18.8. The van der Waals surface area contributed by atoms with Gasteiger partial charge in [-0.05, 0) is 42.5 Å². The number of nitrogens with zero attached hydrogens (tertiary/aromatic N) is 1. The Morgan fingerprint density at radius 3 is 2.54 bits per heavy atom. The molecule has 2 aromatic carbocycles. The van der Waals surface area contributed by atoms with E-state index >= 15 is 0 Å². The number of carbonyl (C=O) groups is 2. The second-order valence-electron chi connectivity index (χ2n) is 5.82. The standard InChI is InChI=1S/C19H16ClFN2O3/c1-23(10-16(24)11-3-6-13(21)7-4-11)18-14-8-5-12(20)9-15(14)22-17(18)19(25)26-2/h3-9,22H,10H2,1-2H3. The number of hydrogen-bond donors (Lipinski definition) is 1. The van der Waals surface area contributed by atoms with Gasteiger partial charge in [0, 0.05) is 28.5 Å². The Morgan fingerprint density at radius 1 is 1.19 bits per heavy atom. The van der Waals surface area contributed by atoms with Gasteiger partial charge in [0.1, 0.15) is 11.5 Å². The molecule has 3 rings (SSSR count). The van der Waals surface area contributed by atoms with Crippen LogP contribution in [0.25, 0.3) is 10.9 Å². The summed E-state index contributed by atoms with van der Waals surface area (Å²) in [6.07, 6.45) is 0. The number of nitrogens with one attached hydrogen (secondary N) is 1. The number of methoxy groups -OCH3 is 1. The molecule has 1 aromatic heterocycles. The maximum Gasteiger partial charge on any atom is 0.356 e. The molecule has 0 saturated carbocycles. The predicted octanol–water partition coefficient (Wildman–Crippen LogP) is 4.07. The molecule has 0 unspecified atom stereocenters. The van der Waals surface area contributed by atoms with Crippen LogP contribution in [0.1, 0.15) is 20.8 Å². The number of carbonyl (C=O) groups excluding carboxylic acids is 2. The first-order valence-corrected chi connectivity index (χ1v) is 8.18. The van der Waals surface area contributed by atoms with Crippen molar-refractivity contribution < 1.29 is 18.7 Å². The number of aromatic amines is 1. The summed E-state index contributed by atoms with van der Waals surface area (Å²) in [6, 6.07) is 10.5. The van der Waals surface area contributed by atoms with Crippen LogP contribution in [0, 0.1) is 5.82 Å². The highest BCUT2D eigenvalue weighted by atomic mass is 35.5. The van der Waals surface area contributed by atoms with Crippen LogP contribution in [0.4, 0.5) is 10.1 Å². The molecular formula is C19H16ClFN2O3. The lowest BCUT2D eigenvalue weighted by Crippen LogP contribution is -2.27. The van der Waals surface area contributed by atoms with E-state index < -0.39 is 11.8 Å². The first-order chi connectivity index (χ1) is 12.4. The Labute approximate surface area is 154 Å². The molecule has 5 nitrogen and oxygen atoms in total. The number of benzene rings is 2. The second kappa shape index (κ2) is 7.17. The fourth-order valence-electron chi connectivity index (χ4n) is 2.82. The molecule has 0 saturated heterocycles. The van der Waals surface area contributed by atoms with Crippen molar-refractivity contribution in [2.24, 2.45) is 0 Å². The van der Waals surface area contributed by atoms with Gasteiger partial charge in [-0.25, -0.2) is 9.18 Å². The number of likely N-dealkylation sites (N-methyl/N-ethyl adjacent to an activating group) is 1. The molecule has 0 fully saturated rings. The summed E-state index contributed by atoms with van der Waals surface area (Å²) in [4.78, 5) is 29.3. The van der Waals surface area contributed by atoms with E-state index in [1.54, 1.807) is 30.1 Å². The Kier molecular flexibility index (Phi) is 4.95. The lowest BCUT2D eigenvalue weighted by atomic mass is 10.1. The van der Waals surface area contributed by atoms with Crippen LogP contribution in [-0.2, 0) is 4.74 Å². The van der Waals surface area contributed by atoms with Gasteiger partial charge in [-0.2, -0.15) is 0 Å². The average Bonchev–Trinajstić information content (AvgIpc) is 3.00. The summed E-state index contributed by atoms with van der Waals surface area (Å²) >= 11 is 6.02. The normalized spacial score (nSPS) is 10.8. The maximum atomic E-state index is 13.0. The fraction of sp³-hybridized carbons (Fsp3) is 0.158. The predicted molar refractivity (Wildman–Crippen MR) is 98.6 cm³/mol. The van der Waals surface area contributed by atoms with Gasteiger partial charge in [-0.1, -0.05) is 11.6 Å². The Hall–Kier alpha value is -2.86. The molecule has 0 bridgehead atoms. The SMILES string of the molecule is COC(=O)c1[nH]c2cc(Cl)ccc2c1N(C)CC(=O)c1ccc(F)cc1. The smallest absolute Gasteiger partial charge is 0.356 e. The molecule has 0 spiro atoms. The third kappa shape index (κ3) is 3.41. The summed E-state index contributed by atoms with van der Waals surface area (Å²) in [5, 5.41) is 1.26. The van der Waals surface area contributed by atoms with Gasteiger partial charge in [-0.3, -0.25) is 4.79 Å². The van der Waals surface area contributed by atoms with Crippen molar-refractivity contribution in [3.05, 3.63) is 64.6 Å². The number of Topliss-reactive ketones (excluding diaryl/α,β-unsaturated/α-hetero) is 1. The van der Waals surface area contributed by atoms with E-state index in [1.807, 2.05) is 0 Å². The van der Waals surface area contributed by atoms with E-state index in [-0.39, 0.29) is 18.0 Å². The number of ketones is 1. The lowest BCUT2D eigenvalue weighted by molar-refractivity contribution is 0.0595. The molecule has 0 atom stereocenters. The molecular weight excluding hydrogens is 359 g/mol. The molecule has 3 aromatic rings. The van der Waals surface area contributed by atoms with Crippen LogP contribution in [0.2, 0.25) is 5.02 Å². The number of halogens is 2. The lowest BCUT2D eigenvalue weighted by Gasteiger charge is -2.19. The number of esters is 1. The summed E-state index contributed by atoms with van der Waals surface area (Å²) < 4.78 is 17.9. The largest absolute Gasteiger partial charge is 0.464 e. The van der Waals surface area contributed by atoms with Crippen LogP contribution in [0.3, 0.4) is 0 Å². The average molecular weight is 375 g/mol. The summed E-state index contributed by atoms with van der Waals surface area (Å²) in [5.41, 5.74) is 1.83. The number of aromatic nitrogens is 1. The number of hydrogen-bond acceptors (Lipinski definition) is 4. The molecule has 0 aliphatic rings. The topological polar surface area (TPSA) is 62.4 Å². The van der Waals surface area contributed by atoms with Crippen molar-refractivity contribution in [3.63, 3.8) is 0 Å². The molecule has 0 aliphatic heterocycles. The maximum absolute atomic E-state index is 13.0. The fourth-order valence-corrected chi connectivity index (χ4v) is 2.99. The molecule has 0 aliphatic carbocycles. The van der Waals surface area contributed by atoms with E-state index in [2.05, 4.69) is 4.98 Å². The first-order valence-electron chi connectivity index (χ1n) is 7.80. The van der Waals surface area contributed by atoms with Gasteiger partial charge in [0.15, 0.2) is 5.78 Å². The van der Waals surface area contributed by atoms with E-state index in [0.717, 1.165) is 5.39 Å². The quantitative estimate of drug-likeness (QED) is 0.540. The van der Waals surface area contributed by atoms with Crippen molar-refractivity contribution in [2.45, 2.75) is 0 Å². The Balaban J connectivity index is 1.98. The molecule has 26 heavy (non-hydrogen) atoms. The monoisotopic (exact) mass is 374 g/mol. The van der Waals surface area contributed by atoms with Gasteiger partial charge in [0.25, 0.3) is 0 Å². The molecule has 7 heteroatoms. The number of H-pyrrole nitrogens is 1. The van der Waals surface area contributed by atoms with Crippen molar-refractivity contribution in [2.75, 3.05) is 25.6 Å². The highest BCUT2D eigenvalue weighted by Gasteiger charge is 2.23. The minimum absolute atomic E-state index is 0.00517. The van der Waals surface area contributed by atoms with Gasteiger partial charge in [-0.15, -0.1) is 0 Å². The molecule has 134 valence electrons. The Morgan fingerprint density at radius 2 is 1.88 bits per heavy atom. The van der Waals surface area contributed by atoms with Crippen LogP contribution < -0.4 is 4.90 Å². The minimum atomic E-state index is -0.548. The number of rotatable bonds is 5. The van der Waals surface area contributed by atoms with Crippen LogP contribution in [-0.4, -0.2) is 37.4 Å². The van der Waals surface area contributed by atoms with Crippen molar-refractivity contribution in [1.82, 2.24) is 4.98 Å². The van der Waals surface area contributed by atoms with Gasteiger partial charge < -0.3 is 14.6 Å². The zero-order valence-electron chi connectivity index (χ0n) is 14.2. The highest BCUT2D eigenvalue weighted by molar-refractivity contribution is 6.31.